The maximum Gasteiger partial charge on any atom is 0.330 e. The Hall–Kier alpha value is -2.17. The number of rotatable bonds is 6. The van der Waals surface area contributed by atoms with Crippen LogP contribution in [0, 0.1) is 0 Å². The molecule has 4 nitrogen and oxygen atoms in total. The molecule has 0 spiro atoms. The van der Waals surface area contributed by atoms with E-state index in [9.17, 15) is 4.79 Å². The van der Waals surface area contributed by atoms with Crippen molar-refractivity contribution < 1.29 is 19.0 Å². The Bertz CT molecular complexity index is 736. The molecule has 0 unspecified atom stereocenters. The molecular weight excluding hydrogens is 351 g/mol. The fraction of sp³-hybridized carbons (Fsp3) is 0.167. The molecule has 0 aliphatic heterocycles. The van der Waals surface area contributed by atoms with Crippen LogP contribution in [0.15, 0.2) is 42.5 Å². The number of benzene rings is 2. The zero-order valence-electron chi connectivity index (χ0n) is 13.2. The van der Waals surface area contributed by atoms with Crippen molar-refractivity contribution in [3.05, 3.63) is 63.6 Å². The van der Waals surface area contributed by atoms with Gasteiger partial charge in [0.2, 0.25) is 0 Å². The fourth-order valence-corrected chi connectivity index (χ4v) is 2.47. The SMILES string of the molecule is COC(=O)/C=C/c1ccc(OCc2c(Cl)cccc2Cl)c(OC)c1. The molecule has 0 aliphatic rings. The minimum Gasteiger partial charge on any atom is -0.493 e. The van der Waals surface area contributed by atoms with Gasteiger partial charge in [0.1, 0.15) is 6.61 Å². The third kappa shape index (κ3) is 4.66. The van der Waals surface area contributed by atoms with Gasteiger partial charge in [0.25, 0.3) is 0 Å². The van der Waals surface area contributed by atoms with Crippen molar-refractivity contribution in [1.29, 1.82) is 0 Å². The maximum absolute atomic E-state index is 11.1. The van der Waals surface area contributed by atoms with E-state index in [4.69, 9.17) is 32.7 Å². The molecule has 0 amide bonds. The Balaban J connectivity index is 2.16. The first-order valence-corrected chi connectivity index (χ1v) is 7.80. The predicted octanol–water partition coefficient (Wildman–Crippen LogP) is 4.77. The van der Waals surface area contributed by atoms with E-state index in [2.05, 4.69) is 4.74 Å². The summed E-state index contributed by atoms with van der Waals surface area (Å²) in [4.78, 5) is 11.1. The third-order valence-electron chi connectivity index (χ3n) is 3.23. The van der Waals surface area contributed by atoms with E-state index in [1.54, 1.807) is 49.6 Å². The van der Waals surface area contributed by atoms with Crippen molar-refractivity contribution in [1.82, 2.24) is 0 Å². The van der Waals surface area contributed by atoms with Crippen LogP contribution in [0.5, 0.6) is 11.5 Å². The summed E-state index contributed by atoms with van der Waals surface area (Å²) in [5.74, 6) is 0.650. The molecular formula is C18H16Cl2O4. The number of hydrogen-bond donors (Lipinski definition) is 0. The highest BCUT2D eigenvalue weighted by Gasteiger charge is 2.09. The summed E-state index contributed by atoms with van der Waals surface area (Å²) in [7, 11) is 2.86. The van der Waals surface area contributed by atoms with Crippen molar-refractivity contribution >= 4 is 35.2 Å². The number of methoxy groups -OCH3 is 2. The van der Waals surface area contributed by atoms with Gasteiger partial charge >= 0.3 is 5.97 Å². The van der Waals surface area contributed by atoms with Crippen LogP contribution < -0.4 is 9.47 Å². The Morgan fingerprint density at radius 2 is 1.79 bits per heavy atom. The second-order valence-electron chi connectivity index (χ2n) is 4.76. The van der Waals surface area contributed by atoms with Gasteiger partial charge in [-0.05, 0) is 35.9 Å². The molecule has 0 fully saturated rings. The Kier molecular flexibility index (Phi) is 6.53. The second kappa shape index (κ2) is 8.62. The number of ether oxygens (including phenoxy) is 3. The standard InChI is InChI=1S/C18H16Cl2O4/c1-22-17-10-12(7-9-18(21)23-2)6-8-16(17)24-11-13-14(19)4-3-5-15(13)20/h3-10H,11H2,1-2H3/b9-7+. The molecule has 0 N–H and O–H groups in total. The molecule has 126 valence electrons. The molecule has 0 aliphatic carbocycles. The van der Waals surface area contributed by atoms with Gasteiger partial charge < -0.3 is 14.2 Å². The lowest BCUT2D eigenvalue weighted by atomic mass is 10.2. The van der Waals surface area contributed by atoms with E-state index in [-0.39, 0.29) is 6.61 Å². The summed E-state index contributed by atoms with van der Waals surface area (Å²) >= 11 is 12.3. The molecule has 0 saturated heterocycles. The number of carbonyl (C=O) groups is 1. The van der Waals surface area contributed by atoms with Crippen LogP contribution in [0.1, 0.15) is 11.1 Å². The number of esters is 1. The van der Waals surface area contributed by atoms with Gasteiger partial charge in [0.05, 0.1) is 14.2 Å². The molecule has 2 rings (SSSR count). The summed E-state index contributed by atoms with van der Waals surface area (Å²) in [6.07, 6.45) is 2.96. The summed E-state index contributed by atoms with van der Waals surface area (Å²) < 4.78 is 15.7. The van der Waals surface area contributed by atoms with Crippen LogP contribution in [0.3, 0.4) is 0 Å². The van der Waals surface area contributed by atoms with E-state index in [0.29, 0.717) is 27.1 Å². The van der Waals surface area contributed by atoms with E-state index in [0.717, 1.165) is 5.56 Å². The van der Waals surface area contributed by atoms with Crippen molar-refractivity contribution in [2.45, 2.75) is 6.61 Å². The van der Waals surface area contributed by atoms with Gasteiger partial charge in [0, 0.05) is 21.7 Å². The molecule has 0 saturated carbocycles. The molecule has 0 heterocycles. The van der Waals surface area contributed by atoms with Gasteiger partial charge in [-0.3, -0.25) is 0 Å². The first kappa shape index (κ1) is 18.2. The lowest BCUT2D eigenvalue weighted by molar-refractivity contribution is -0.134. The minimum absolute atomic E-state index is 0.214. The van der Waals surface area contributed by atoms with Gasteiger partial charge in [-0.2, -0.15) is 0 Å². The van der Waals surface area contributed by atoms with E-state index < -0.39 is 5.97 Å². The van der Waals surface area contributed by atoms with Gasteiger partial charge in [0.15, 0.2) is 11.5 Å². The van der Waals surface area contributed by atoms with Crippen LogP contribution in [-0.2, 0) is 16.1 Å². The predicted molar refractivity (Wildman–Crippen MR) is 94.8 cm³/mol. The monoisotopic (exact) mass is 366 g/mol. The summed E-state index contributed by atoms with van der Waals surface area (Å²) in [5, 5.41) is 1.08. The lowest BCUT2D eigenvalue weighted by Gasteiger charge is -2.13. The highest BCUT2D eigenvalue weighted by atomic mass is 35.5. The smallest absolute Gasteiger partial charge is 0.330 e. The van der Waals surface area contributed by atoms with Crippen LogP contribution in [0.25, 0.3) is 6.08 Å². The maximum atomic E-state index is 11.1. The first-order valence-electron chi connectivity index (χ1n) is 7.05. The second-order valence-corrected chi connectivity index (χ2v) is 5.57. The quantitative estimate of drug-likeness (QED) is 0.545. The van der Waals surface area contributed by atoms with Gasteiger partial charge in [-0.25, -0.2) is 4.79 Å². The lowest BCUT2D eigenvalue weighted by Crippen LogP contribution is -1.99. The number of hydrogen-bond acceptors (Lipinski definition) is 4. The molecule has 0 radical (unpaired) electrons. The summed E-state index contributed by atoms with van der Waals surface area (Å²) in [5.41, 5.74) is 1.48. The number of halogens is 2. The van der Waals surface area contributed by atoms with Crippen molar-refractivity contribution in [2.75, 3.05) is 14.2 Å². The van der Waals surface area contributed by atoms with Gasteiger partial charge in [-0.1, -0.05) is 35.3 Å². The molecule has 0 aromatic heterocycles. The molecule has 0 atom stereocenters. The molecule has 0 bridgehead atoms. The average Bonchev–Trinajstić information content (AvgIpc) is 2.59. The normalized spacial score (nSPS) is 10.7. The molecule has 6 heteroatoms. The number of carbonyl (C=O) groups excluding carboxylic acids is 1. The van der Waals surface area contributed by atoms with Crippen LogP contribution in [0.2, 0.25) is 10.0 Å². The van der Waals surface area contributed by atoms with Crippen molar-refractivity contribution in [2.24, 2.45) is 0 Å². The average molecular weight is 367 g/mol. The Labute approximate surface area is 150 Å². The van der Waals surface area contributed by atoms with Crippen molar-refractivity contribution in [3.63, 3.8) is 0 Å². The van der Waals surface area contributed by atoms with E-state index in [1.165, 1.54) is 13.2 Å². The van der Waals surface area contributed by atoms with Crippen molar-refractivity contribution in [3.8, 4) is 11.5 Å². The Morgan fingerprint density at radius 1 is 1.08 bits per heavy atom. The van der Waals surface area contributed by atoms with Gasteiger partial charge in [-0.15, -0.1) is 0 Å². The topological polar surface area (TPSA) is 44.8 Å². The molecule has 2 aromatic carbocycles. The van der Waals surface area contributed by atoms with Crippen LogP contribution >= 0.6 is 23.2 Å². The summed E-state index contributed by atoms with van der Waals surface area (Å²) in [6, 6.07) is 10.6. The molecule has 24 heavy (non-hydrogen) atoms. The van der Waals surface area contributed by atoms with Crippen LogP contribution in [0.4, 0.5) is 0 Å². The summed E-state index contributed by atoms with van der Waals surface area (Å²) in [6.45, 7) is 0.214. The fourth-order valence-electron chi connectivity index (χ4n) is 1.96. The first-order chi connectivity index (χ1) is 11.5. The largest absolute Gasteiger partial charge is 0.493 e. The van der Waals surface area contributed by atoms with Crippen LogP contribution in [-0.4, -0.2) is 20.2 Å². The Morgan fingerprint density at radius 3 is 2.42 bits per heavy atom. The minimum atomic E-state index is -0.428. The zero-order chi connectivity index (χ0) is 17.5. The van der Waals surface area contributed by atoms with E-state index >= 15 is 0 Å². The van der Waals surface area contributed by atoms with E-state index in [1.807, 2.05) is 0 Å². The zero-order valence-corrected chi connectivity index (χ0v) is 14.7. The third-order valence-corrected chi connectivity index (χ3v) is 3.94. The highest BCUT2D eigenvalue weighted by molar-refractivity contribution is 6.35. The molecule has 2 aromatic rings. The highest BCUT2D eigenvalue weighted by Crippen LogP contribution is 2.31.